The molecule has 1 aliphatic heterocycles. The van der Waals surface area contributed by atoms with Gasteiger partial charge < -0.3 is 10.0 Å². The minimum atomic E-state index is -0.393. The number of hydrogen-bond acceptors (Lipinski definition) is 3. The van der Waals surface area contributed by atoms with Crippen LogP contribution in [0, 0.1) is 0 Å². The maximum atomic E-state index is 9.69. The summed E-state index contributed by atoms with van der Waals surface area (Å²) in [6.07, 6.45) is 4.00. The van der Waals surface area contributed by atoms with E-state index in [1.54, 1.807) is 0 Å². The topological polar surface area (TPSA) is 23.5 Å². The highest BCUT2D eigenvalue weighted by Crippen LogP contribution is 2.20. The lowest BCUT2D eigenvalue weighted by Crippen LogP contribution is -2.43. The van der Waals surface area contributed by atoms with Gasteiger partial charge in [0.15, 0.2) is 0 Å². The van der Waals surface area contributed by atoms with Crippen LogP contribution in [-0.4, -0.2) is 47.3 Å². The van der Waals surface area contributed by atoms with E-state index in [2.05, 4.69) is 11.2 Å². The molecule has 1 rings (SSSR count). The number of rotatable bonds is 3. The third-order valence-electron chi connectivity index (χ3n) is 2.54. The second kappa shape index (κ2) is 4.49. The summed E-state index contributed by atoms with van der Waals surface area (Å²) in [6, 6.07) is 0. The van der Waals surface area contributed by atoms with Gasteiger partial charge in [-0.05, 0) is 26.0 Å². The number of aliphatic hydroxyl groups is 1. The Labute approximate surface area is 79.3 Å². The third-order valence-corrected chi connectivity index (χ3v) is 3.14. The number of nitrogens with zero attached hydrogens (tertiary/aromatic N) is 1. The van der Waals surface area contributed by atoms with E-state index in [1.807, 2.05) is 18.7 Å². The Balaban J connectivity index is 2.18. The average molecular weight is 189 g/mol. The predicted molar refractivity (Wildman–Crippen MR) is 54.7 cm³/mol. The monoisotopic (exact) mass is 189 g/mol. The highest BCUT2D eigenvalue weighted by atomic mass is 32.2. The molecular formula is C9H19NOS. The van der Waals surface area contributed by atoms with Gasteiger partial charge in [0.2, 0.25) is 0 Å². The molecule has 1 saturated heterocycles. The fourth-order valence-corrected chi connectivity index (χ4v) is 1.92. The van der Waals surface area contributed by atoms with Crippen LogP contribution >= 0.6 is 11.8 Å². The Kier molecular flexibility index (Phi) is 3.87. The highest BCUT2D eigenvalue weighted by Gasteiger charge is 2.26. The molecule has 1 aliphatic rings. The van der Waals surface area contributed by atoms with Crippen LogP contribution in [0.15, 0.2) is 0 Å². The molecule has 0 aromatic carbocycles. The van der Waals surface area contributed by atoms with Gasteiger partial charge >= 0.3 is 0 Å². The summed E-state index contributed by atoms with van der Waals surface area (Å²) in [5, 5.41) is 9.69. The standard InChI is InChI=1S/C9H19NOS/c1-9(11)3-5-10(6-4-9)7-8-12-2/h11H,3-8H2,1-2H3. The first-order valence-corrected chi connectivity index (χ1v) is 5.97. The van der Waals surface area contributed by atoms with Crippen LogP contribution in [0.1, 0.15) is 19.8 Å². The molecule has 0 amide bonds. The molecule has 0 atom stereocenters. The van der Waals surface area contributed by atoms with Crippen molar-refractivity contribution < 1.29 is 5.11 Å². The van der Waals surface area contributed by atoms with E-state index in [4.69, 9.17) is 0 Å². The Morgan fingerprint density at radius 2 is 2.00 bits per heavy atom. The molecule has 3 heteroatoms. The van der Waals surface area contributed by atoms with Crippen molar-refractivity contribution in [1.82, 2.24) is 4.90 Å². The first-order valence-electron chi connectivity index (χ1n) is 4.58. The van der Waals surface area contributed by atoms with E-state index >= 15 is 0 Å². The first-order chi connectivity index (χ1) is 5.64. The summed E-state index contributed by atoms with van der Waals surface area (Å²) < 4.78 is 0. The predicted octanol–water partition coefficient (Wildman–Crippen LogP) is 1.20. The molecule has 12 heavy (non-hydrogen) atoms. The zero-order valence-corrected chi connectivity index (χ0v) is 8.86. The molecule has 72 valence electrons. The van der Waals surface area contributed by atoms with E-state index in [0.29, 0.717) is 0 Å². The Bertz CT molecular complexity index is 128. The van der Waals surface area contributed by atoms with Crippen LogP contribution in [0.2, 0.25) is 0 Å². The minimum absolute atomic E-state index is 0.393. The largest absolute Gasteiger partial charge is 0.390 e. The molecule has 1 N–H and O–H groups in total. The zero-order chi connectivity index (χ0) is 9.03. The van der Waals surface area contributed by atoms with Crippen molar-refractivity contribution in [3.63, 3.8) is 0 Å². The second-order valence-electron chi connectivity index (χ2n) is 3.83. The van der Waals surface area contributed by atoms with Gasteiger partial charge in [0.05, 0.1) is 5.60 Å². The molecule has 1 fully saturated rings. The van der Waals surface area contributed by atoms with Gasteiger partial charge in [-0.25, -0.2) is 0 Å². The molecule has 0 spiro atoms. The average Bonchev–Trinajstić information content (AvgIpc) is 2.03. The summed E-state index contributed by atoms with van der Waals surface area (Å²) in [5.74, 6) is 1.21. The Morgan fingerprint density at radius 1 is 1.42 bits per heavy atom. The van der Waals surface area contributed by atoms with Crippen molar-refractivity contribution in [3.05, 3.63) is 0 Å². The fourth-order valence-electron chi connectivity index (χ4n) is 1.48. The summed E-state index contributed by atoms with van der Waals surface area (Å²) in [4.78, 5) is 2.44. The van der Waals surface area contributed by atoms with Gasteiger partial charge in [0, 0.05) is 25.4 Å². The lowest BCUT2D eigenvalue weighted by Gasteiger charge is -2.35. The third kappa shape index (κ3) is 3.33. The quantitative estimate of drug-likeness (QED) is 0.721. The Morgan fingerprint density at radius 3 is 2.50 bits per heavy atom. The number of likely N-dealkylation sites (tertiary alicyclic amines) is 1. The summed E-state index contributed by atoms with van der Waals surface area (Å²) >= 11 is 1.89. The van der Waals surface area contributed by atoms with Crippen molar-refractivity contribution in [2.24, 2.45) is 0 Å². The van der Waals surface area contributed by atoms with Gasteiger partial charge in [-0.2, -0.15) is 11.8 Å². The normalized spacial score (nSPS) is 24.2. The lowest BCUT2D eigenvalue weighted by atomic mass is 9.94. The van der Waals surface area contributed by atoms with Gasteiger partial charge in [0.1, 0.15) is 0 Å². The highest BCUT2D eigenvalue weighted by molar-refractivity contribution is 7.98. The fraction of sp³-hybridized carbons (Fsp3) is 1.00. The van der Waals surface area contributed by atoms with Crippen molar-refractivity contribution in [2.75, 3.05) is 31.6 Å². The minimum Gasteiger partial charge on any atom is -0.390 e. The van der Waals surface area contributed by atoms with Gasteiger partial charge in [-0.3, -0.25) is 0 Å². The van der Waals surface area contributed by atoms with Crippen molar-refractivity contribution >= 4 is 11.8 Å². The molecule has 0 aromatic rings. The number of thioether (sulfide) groups is 1. The second-order valence-corrected chi connectivity index (χ2v) is 4.82. The zero-order valence-electron chi connectivity index (χ0n) is 8.05. The maximum absolute atomic E-state index is 9.69. The van der Waals surface area contributed by atoms with Crippen LogP contribution < -0.4 is 0 Å². The molecule has 0 aliphatic carbocycles. The molecule has 2 nitrogen and oxygen atoms in total. The molecule has 0 saturated carbocycles. The van der Waals surface area contributed by atoms with E-state index in [0.717, 1.165) is 25.9 Å². The Hall–Kier alpha value is 0.270. The summed E-state index contributed by atoms with van der Waals surface area (Å²) in [6.45, 7) is 5.25. The molecular weight excluding hydrogens is 170 g/mol. The van der Waals surface area contributed by atoms with Crippen LogP contribution in [-0.2, 0) is 0 Å². The molecule has 0 bridgehead atoms. The first kappa shape index (κ1) is 10.4. The number of piperidine rings is 1. The van der Waals surface area contributed by atoms with E-state index in [9.17, 15) is 5.11 Å². The van der Waals surface area contributed by atoms with E-state index < -0.39 is 5.60 Å². The van der Waals surface area contributed by atoms with Crippen LogP contribution in [0.4, 0.5) is 0 Å². The van der Waals surface area contributed by atoms with Crippen molar-refractivity contribution in [2.45, 2.75) is 25.4 Å². The molecule has 1 heterocycles. The van der Waals surface area contributed by atoms with Gasteiger partial charge in [-0.15, -0.1) is 0 Å². The van der Waals surface area contributed by atoms with Crippen molar-refractivity contribution in [1.29, 1.82) is 0 Å². The molecule has 0 radical (unpaired) electrons. The summed E-state index contributed by atoms with van der Waals surface area (Å²) in [7, 11) is 0. The molecule has 0 unspecified atom stereocenters. The lowest BCUT2D eigenvalue weighted by molar-refractivity contribution is -0.00365. The van der Waals surface area contributed by atoms with Gasteiger partial charge in [0.25, 0.3) is 0 Å². The smallest absolute Gasteiger partial charge is 0.0644 e. The number of hydrogen-bond donors (Lipinski definition) is 1. The van der Waals surface area contributed by atoms with E-state index in [-0.39, 0.29) is 0 Å². The van der Waals surface area contributed by atoms with Gasteiger partial charge in [-0.1, -0.05) is 0 Å². The van der Waals surface area contributed by atoms with Crippen molar-refractivity contribution in [3.8, 4) is 0 Å². The van der Waals surface area contributed by atoms with Crippen LogP contribution in [0.3, 0.4) is 0 Å². The van der Waals surface area contributed by atoms with Crippen LogP contribution in [0.5, 0.6) is 0 Å². The summed E-state index contributed by atoms with van der Waals surface area (Å²) in [5.41, 5.74) is -0.393. The van der Waals surface area contributed by atoms with E-state index in [1.165, 1.54) is 12.3 Å². The van der Waals surface area contributed by atoms with Crippen LogP contribution in [0.25, 0.3) is 0 Å². The SMILES string of the molecule is CSCCN1CCC(C)(O)CC1. The molecule has 0 aromatic heterocycles. The maximum Gasteiger partial charge on any atom is 0.0644 e.